The van der Waals surface area contributed by atoms with Gasteiger partial charge in [-0.25, -0.2) is 4.79 Å². The van der Waals surface area contributed by atoms with E-state index in [2.05, 4.69) is 9.98 Å². The van der Waals surface area contributed by atoms with Crippen molar-refractivity contribution in [2.75, 3.05) is 6.54 Å². The molecule has 14 heavy (non-hydrogen) atoms. The van der Waals surface area contributed by atoms with Gasteiger partial charge in [0.05, 0.1) is 12.8 Å². The lowest BCUT2D eigenvalue weighted by Gasteiger charge is -2.18. The number of esters is 1. The molecule has 1 aliphatic heterocycles. The fourth-order valence-corrected chi connectivity index (χ4v) is 0.861. The molecule has 0 radical (unpaired) electrons. The van der Waals surface area contributed by atoms with Crippen LogP contribution in [0.15, 0.2) is 22.3 Å². The summed E-state index contributed by atoms with van der Waals surface area (Å²) in [5.74, 6) is -0.426. The molecule has 0 atom stereocenters. The zero-order chi connectivity index (χ0) is 10.6. The van der Waals surface area contributed by atoms with E-state index in [-0.39, 0.29) is 5.71 Å². The van der Waals surface area contributed by atoms with Crippen LogP contribution in [0, 0.1) is 0 Å². The van der Waals surface area contributed by atoms with Crippen molar-refractivity contribution in [1.82, 2.24) is 0 Å². The molecule has 0 N–H and O–H groups in total. The molecule has 76 valence electrons. The Kier molecular flexibility index (Phi) is 3.17. The Morgan fingerprint density at radius 1 is 1.50 bits per heavy atom. The SMILES string of the molecule is CC(C)(C)OC(=O)C1=NCC=CN=C1. The van der Waals surface area contributed by atoms with Crippen LogP contribution in [0.5, 0.6) is 0 Å². The maximum atomic E-state index is 11.5. The maximum absolute atomic E-state index is 11.5. The van der Waals surface area contributed by atoms with Gasteiger partial charge in [0.2, 0.25) is 0 Å². The van der Waals surface area contributed by atoms with Gasteiger partial charge >= 0.3 is 5.97 Å². The van der Waals surface area contributed by atoms with E-state index in [9.17, 15) is 4.79 Å². The fourth-order valence-electron chi connectivity index (χ4n) is 0.861. The van der Waals surface area contributed by atoms with Gasteiger partial charge in [-0.15, -0.1) is 0 Å². The van der Waals surface area contributed by atoms with Gasteiger partial charge < -0.3 is 4.74 Å². The highest BCUT2D eigenvalue weighted by Crippen LogP contribution is 2.07. The first-order valence-electron chi connectivity index (χ1n) is 4.45. The predicted molar refractivity (Wildman–Crippen MR) is 55.8 cm³/mol. The Morgan fingerprint density at radius 2 is 2.21 bits per heavy atom. The minimum absolute atomic E-state index is 0.268. The number of nitrogens with zero attached hydrogens (tertiary/aromatic N) is 2. The summed E-state index contributed by atoms with van der Waals surface area (Å²) in [5.41, 5.74) is -0.224. The van der Waals surface area contributed by atoms with E-state index in [0.717, 1.165) is 0 Å². The second kappa shape index (κ2) is 4.17. The molecule has 0 spiro atoms. The van der Waals surface area contributed by atoms with Gasteiger partial charge in [-0.3, -0.25) is 9.98 Å². The van der Waals surface area contributed by atoms with Gasteiger partial charge in [0.25, 0.3) is 0 Å². The van der Waals surface area contributed by atoms with Crippen molar-refractivity contribution < 1.29 is 9.53 Å². The van der Waals surface area contributed by atoms with E-state index in [4.69, 9.17) is 4.74 Å². The van der Waals surface area contributed by atoms with Crippen molar-refractivity contribution in [3.63, 3.8) is 0 Å². The molecule has 4 nitrogen and oxygen atoms in total. The summed E-state index contributed by atoms with van der Waals surface area (Å²) in [5, 5.41) is 0. The topological polar surface area (TPSA) is 51.0 Å². The summed E-state index contributed by atoms with van der Waals surface area (Å²) in [6, 6.07) is 0. The summed E-state index contributed by atoms with van der Waals surface area (Å²) in [6.07, 6.45) is 4.80. The van der Waals surface area contributed by atoms with E-state index < -0.39 is 11.6 Å². The van der Waals surface area contributed by atoms with Crippen LogP contribution in [0.25, 0.3) is 0 Å². The molecule has 0 fully saturated rings. The number of carbonyl (C=O) groups excluding carboxylic acids is 1. The molecule has 0 unspecified atom stereocenters. The molecule has 0 saturated heterocycles. The highest BCUT2D eigenvalue weighted by atomic mass is 16.6. The first-order valence-corrected chi connectivity index (χ1v) is 4.45. The smallest absolute Gasteiger partial charge is 0.358 e. The molecule has 1 rings (SSSR count). The van der Waals surface area contributed by atoms with Crippen LogP contribution in [0.2, 0.25) is 0 Å². The van der Waals surface area contributed by atoms with Crippen molar-refractivity contribution >= 4 is 17.9 Å². The number of hydrogen-bond donors (Lipinski definition) is 0. The summed E-state index contributed by atoms with van der Waals surface area (Å²) in [7, 11) is 0. The van der Waals surface area contributed by atoms with Crippen LogP contribution in [-0.2, 0) is 9.53 Å². The Hall–Kier alpha value is -1.45. The zero-order valence-corrected chi connectivity index (χ0v) is 8.65. The Balaban J connectivity index is 2.66. The third-order valence-corrected chi connectivity index (χ3v) is 1.36. The second-order valence-corrected chi connectivity index (χ2v) is 3.89. The van der Waals surface area contributed by atoms with Crippen LogP contribution in [0.1, 0.15) is 20.8 Å². The number of rotatable bonds is 1. The van der Waals surface area contributed by atoms with E-state index in [1.165, 1.54) is 6.21 Å². The van der Waals surface area contributed by atoms with Crippen LogP contribution in [0.4, 0.5) is 0 Å². The second-order valence-electron chi connectivity index (χ2n) is 3.89. The molecular weight excluding hydrogens is 180 g/mol. The van der Waals surface area contributed by atoms with Crippen molar-refractivity contribution in [3.05, 3.63) is 12.3 Å². The van der Waals surface area contributed by atoms with E-state index in [1.807, 2.05) is 20.8 Å². The van der Waals surface area contributed by atoms with E-state index >= 15 is 0 Å². The van der Waals surface area contributed by atoms with E-state index in [1.54, 1.807) is 12.3 Å². The van der Waals surface area contributed by atoms with E-state index in [0.29, 0.717) is 6.54 Å². The molecule has 0 aromatic heterocycles. The van der Waals surface area contributed by atoms with Gasteiger partial charge in [0.15, 0.2) is 5.71 Å². The highest BCUT2D eigenvalue weighted by Gasteiger charge is 2.19. The maximum Gasteiger partial charge on any atom is 0.358 e. The van der Waals surface area contributed by atoms with Crippen LogP contribution in [-0.4, -0.2) is 30.0 Å². The molecule has 1 heterocycles. The molecule has 0 aromatic carbocycles. The number of ether oxygens (including phenoxy) is 1. The van der Waals surface area contributed by atoms with Crippen LogP contribution < -0.4 is 0 Å². The molecule has 0 aliphatic carbocycles. The largest absolute Gasteiger partial charge is 0.455 e. The molecule has 4 heteroatoms. The predicted octanol–water partition coefficient (Wildman–Crippen LogP) is 1.37. The van der Waals surface area contributed by atoms with Gasteiger partial charge in [0.1, 0.15) is 5.60 Å². The normalized spacial score (nSPS) is 16.1. The van der Waals surface area contributed by atoms with Gasteiger partial charge in [-0.05, 0) is 26.8 Å². The summed E-state index contributed by atoms with van der Waals surface area (Å²) in [4.78, 5) is 19.4. The first kappa shape index (κ1) is 10.6. The first-order chi connectivity index (χ1) is 6.49. The molecular formula is C10H14N2O2. The van der Waals surface area contributed by atoms with Crippen LogP contribution >= 0.6 is 0 Å². The fraction of sp³-hybridized carbons (Fsp3) is 0.500. The molecule has 1 aliphatic rings. The quantitative estimate of drug-likeness (QED) is 0.592. The van der Waals surface area contributed by atoms with Gasteiger partial charge in [-0.2, -0.15) is 0 Å². The molecule has 0 aromatic rings. The Labute approximate surface area is 83.4 Å². The zero-order valence-electron chi connectivity index (χ0n) is 8.65. The Morgan fingerprint density at radius 3 is 2.86 bits per heavy atom. The summed E-state index contributed by atoms with van der Waals surface area (Å²) < 4.78 is 5.14. The lowest BCUT2D eigenvalue weighted by Crippen LogP contribution is -2.29. The standard InChI is InChI=1S/C10H14N2O2/c1-10(2,3)14-9(13)8-7-11-5-4-6-12-8/h4-5,7H,6H2,1-3H3. The van der Waals surface area contributed by atoms with Crippen LogP contribution in [0.3, 0.4) is 0 Å². The van der Waals surface area contributed by atoms with Crippen molar-refractivity contribution in [2.24, 2.45) is 9.98 Å². The van der Waals surface area contributed by atoms with Gasteiger partial charge in [-0.1, -0.05) is 0 Å². The third-order valence-electron chi connectivity index (χ3n) is 1.36. The molecule has 0 amide bonds. The molecule has 0 bridgehead atoms. The highest BCUT2D eigenvalue weighted by molar-refractivity contribution is 6.59. The summed E-state index contributed by atoms with van der Waals surface area (Å²) >= 11 is 0. The van der Waals surface area contributed by atoms with Crippen molar-refractivity contribution in [3.8, 4) is 0 Å². The lowest BCUT2D eigenvalue weighted by atomic mass is 10.2. The molecule has 0 saturated carbocycles. The third kappa shape index (κ3) is 3.51. The van der Waals surface area contributed by atoms with Crippen molar-refractivity contribution in [1.29, 1.82) is 0 Å². The summed E-state index contributed by atoms with van der Waals surface area (Å²) in [6.45, 7) is 5.92. The average molecular weight is 194 g/mol. The minimum atomic E-state index is -0.493. The number of carbonyl (C=O) groups is 1. The van der Waals surface area contributed by atoms with Gasteiger partial charge in [0, 0.05) is 6.20 Å². The Bertz CT molecular complexity index is 309. The number of hydrogen-bond acceptors (Lipinski definition) is 4. The average Bonchev–Trinajstić information content (AvgIpc) is 2.27. The minimum Gasteiger partial charge on any atom is -0.455 e. The lowest BCUT2D eigenvalue weighted by molar-refractivity contribution is -0.145. The monoisotopic (exact) mass is 194 g/mol. The number of aliphatic imine (C=N–C) groups is 2. The van der Waals surface area contributed by atoms with Crippen molar-refractivity contribution in [2.45, 2.75) is 26.4 Å².